The zero-order valence-corrected chi connectivity index (χ0v) is 10.7. The van der Waals surface area contributed by atoms with Crippen molar-refractivity contribution in [3.8, 4) is 0 Å². The van der Waals surface area contributed by atoms with Gasteiger partial charge >= 0.3 is 0 Å². The van der Waals surface area contributed by atoms with E-state index >= 15 is 0 Å². The van der Waals surface area contributed by atoms with Crippen molar-refractivity contribution in [1.29, 1.82) is 0 Å². The maximum Gasteiger partial charge on any atom is 0.0713 e. The van der Waals surface area contributed by atoms with Crippen molar-refractivity contribution in [1.82, 2.24) is 15.5 Å². The van der Waals surface area contributed by atoms with Gasteiger partial charge in [0.05, 0.1) is 5.69 Å². The van der Waals surface area contributed by atoms with Crippen LogP contribution in [-0.2, 0) is 13.0 Å². The van der Waals surface area contributed by atoms with Crippen LogP contribution in [0.5, 0.6) is 0 Å². The smallest absolute Gasteiger partial charge is 0.0713 e. The number of H-pyrrole nitrogens is 1. The molecule has 2 rings (SSSR count). The van der Waals surface area contributed by atoms with Crippen LogP contribution in [0.15, 0.2) is 24.3 Å². The Balaban J connectivity index is 2.27. The number of aromatic amines is 1. The summed E-state index contributed by atoms with van der Waals surface area (Å²) < 4.78 is 0. The molecule has 0 aliphatic carbocycles. The molecular formula is C14H19N3. The van der Waals surface area contributed by atoms with Gasteiger partial charge in [0.2, 0.25) is 0 Å². The van der Waals surface area contributed by atoms with E-state index in [-0.39, 0.29) is 0 Å². The van der Waals surface area contributed by atoms with Crippen molar-refractivity contribution in [3.05, 3.63) is 52.3 Å². The zero-order valence-electron chi connectivity index (χ0n) is 10.7. The zero-order chi connectivity index (χ0) is 12.3. The van der Waals surface area contributed by atoms with Crippen molar-refractivity contribution in [2.24, 2.45) is 0 Å². The fourth-order valence-electron chi connectivity index (χ4n) is 2.05. The highest BCUT2D eigenvalue weighted by Crippen LogP contribution is 2.17. The Morgan fingerprint density at radius 2 is 2.00 bits per heavy atom. The van der Waals surface area contributed by atoms with E-state index in [4.69, 9.17) is 0 Å². The minimum absolute atomic E-state index is 0.865. The van der Waals surface area contributed by atoms with E-state index in [1.54, 1.807) is 0 Å². The molecule has 0 unspecified atom stereocenters. The average molecular weight is 229 g/mol. The SMILES string of the molecule is CNCc1c(Cc2ccccc2C)n[nH]c1C. The Morgan fingerprint density at radius 3 is 2.71 bits per heavy atom. The third-order valence-corrected chi connectivity index (χ3v) is 3.13. The first-order valence-electron chi connectivity index (χ1n) is 5.94. The minimum atomic E-state index is 0.865. The lowest BCUT2D eigenvalue weighted by molar-refractivity contribution is 0.802. The lowest BCUT2D eigenvalue weighted by Gasteiger charge is -2.06. The minimum Gasteiger partial charge on any atom is -0.316 e. The van der Waals surface area contributed by atoms with Gasteiger partial charge in [-0.25, -0.2) is 0 Å². The molecule has 0 bridgehead atoms. The Bertz CT molecular complexity index is 500. The van der Waals surface area contributed by atoms with Crippen LogP contribution in [0.1, 0.15) is 28.1 Å². The number of aryl methyl sites for hydroxylation is 2. The van der Waals surface area contributed by atoms with Crippen LogP contribution < -0.4 is 5.32 Å². The maximum absolute atomic E-state index is 4.41. The highest BCUT2D eigenvalue weighted by molar-refractivity contribution is 5.33. The molecule has 0 spiro atoms. The quantitative estimate of drug-likeness (QED) is 0.845. The van der Waals surface area contributed by atoms with E-state index < -0.39 is 0 Å². The van der Waals surface area contributed by atoms with Gasteiger partial charge in [-0.05, 0) is 32.0 Å². The molecule has 0 atom stereocenters. The fraction of sp³-hybridized carbons (Fsp3) is 0.357. The Labute approximate surface area is 102 Å². The van der Waals surface area contributed by atoms with E-state index in [0.29, 0.717) is 0 Å². The predicted molar refractivity (Wildman–Crippen MR) is 70.1 cm³/mol. The van der Waals surface area contributed by atoms with Gasteiger partial charge in [-0.3, -0.25) is 5.10 Å². The molecular weight excluding hydrogens is 210 g/mol. The monoisotopic (exact) mass is 229 g/mol. The number of hydrogen-bond donors (Lipinski definition) is 2. The van der Waals surface area contributed by atoms with Crippen LogP contribution in [0, 0.1) is 13.8 Å². The van der Waals surface area contributed by atoms with Gasteiger partial charge in [0, 0.05) is 24.2 Å². The molecule has 0 saturated heterocycles. The summed E-state index contributed by atoms with van der Waals surface area (Å²) in [7, 11) is 1.96. The first kappa shape index (κ1) is 11.9. The second-order valence-corrected chi connectivity index (χ2v) is 4.41. The van der Waals surface area contributed by atoms with Crippen LogP contribution in [0.4, 0.5) is 0 Å². The summed E-state index contributed by atoms with van der Waals surface area (Å²) in [5.41, 5.74) is 6.25. The van der Waals surface area contributed by atoms with Gasteiger partial charge in [-0.15, -0.1) is 0 Å². The molecule has 1 heterocycles. The Kier molecular flexibility index (Phi) is 3.59. The van der Waals surface area contributed by atoms with Crippen LogP contribution in [0.2, 0.25) is 0 Å². The third-order valence-electron chi connectivity index (χ3n) is 3.13. The van der Waals surface area contributed by atoms with Gasteiger partial charge in [-0.2, -0.15) is 5.10 Å². The van der Waals surface area contributed by atoms with Gasteiger partial charge < -0.3 is 5.32 Å². The summed E-state index contributed by atoms with van der Waals surface area (Å²) >= 11 is 0. The highest BCUT2D eigenvalue weighted by Gasteiger charge is 2.10. The number of benzene rings is 1. The molecule has 0 amide bonds. The molecule has 0 aliphatic rings. The topological polar surface area (TPSA) is 40.7 Å². The van der Waals surface area contributed by atoms with Crippen LogP contribution in [0.3, 0.4) is 0 Å². The van der Waals surface area contributed by atoms with Crippen molar-refractivity contribution in [2.75, 3.05) is 7.05 Å². The van der Waals surface area contributed by atoms with Crippen LogP contribution >= 0.6 is 0 Å². The molecule has 3 heteroatoms. The number of rotatable bonds is 4. The summed E-state index contributed by atoms with van der Waals surface area (Å²) in [6, 6.07) is 8.47. The summed E-state index contributed by atoms with van der Waals surface area (Å²) in [5.74, 6) is 0. The number of aromatic nitrogens is 2. The Hall–Kier alpha value is -1.61. The standard InChI is InChI=1S/C14H19N3/c1-10-6-4-5-7-12(10)8-14-13(9-15-3)11(2)16-17-14/h4-7,15H,8-9H2,1-3H3,(H,16,17). The lowest BCUT2D eigenvalue weighted by Crippen LogP contribution is -2.08. The molecule has 0 fully saturated rings. The van der Waals surface area contributed by atoms with E-state index in [0.717, 1.165) is 24.4 Å². The molecule has 1 aromatic carbocycles. The highest BCUT2D eigenvalue weighted by atomic mass is 15.1. The van der Waals surface area contributed by atoms with Crippen molar-refractivity contribution < 1.29 is 0 Å². The number of nitrogens with zero attached hydrogens (tertiary/aromatic N) is 1. The summed E-state index contributed by atoms with van der Waals surface area (Å²) in [6.45, 7) is 5.08. The van der Waals surface area contributed by atoms with Gasteiger partial charge in [-0.1, -0.05) is 24.3 Å². The molecule has 2 N–H and O–H groups in total. The van der Waals surface area contributed by atoms with E-state index in [1.807, 2.05) is 7.05 Å². The average Bonchev–Trinajstić information content (AvgIpc) is 2.65. The lowest BCUT2D eigenvalue weighted by atomic mass is 10.0. The van der Waals surface area contributed by atoms with Crippen LogP contribution in [0.25, 0.3) is 0 Å². The molecule has 3 nitrogen and oxygen atoms in total. The maximum atomic E-state index is 4.41. The molecule has 0 saturated carbocycles. The normalized spacial score (nSPS) is 10.8. The van der Waals surface area contributed by atoms with Gasteiger partial charge in [0.1, 0.15) is 0 Å². The van der Waals surface area contributed by atoms with Gasteiger partial charge in [0.15, 0.2) is 0 Å². The van der Waals surface area contributed by atoms with E-state index in [2.05, 4.69) is 53.6 Å². The second kappa shape index (κ2) is 5.15. The molecule has 17 heavy (non-hydrogen) atoms. The summed E-state index contributed by atoms with van der Waals surface area (Å²) in [4.78, 5) is 0. The van der Waals surface area contributed by atoms with E-state index in [1.165, 1.54) is 16.7 Å². The molecule has 2 aromatic rings. The number of nitrogens with one attached hydrogen (secondary N) is 2. The molecule has 0 radical (unpaired) electrons. The van der Waals surface area contributed by atoms with E-state index in [9.17, 15) is 0 Å². The molecule has 0 aliphatic heterocycles. The van der Waals surface area contributed by atoms with Crippen molar-refractivity contribution in [3.63, 3.8) is 0 Å². The van der Waals surface area contributed by atoms with Crippen molar-refractivity contribution in [2.45, 2.75) is 26.8 Å². The number of hydrogen-bond acceptors (Lipinski definition) is 2. The summed E-state index contributed by atoms with van der Waals surface area (Å²) in [6.07, 6.45) is 0.897. The largest absolute Gasteiger partial charge is 0.316 e. The third kappa shape index (κ3) is 2.56. The first-order chi connectivity index (χ1) is 8.22. The van der Waals surface area contributed by atoms with Crippen molar-refractivity contribution >= 4 is 0 Å². The van der Waals surface area contributed by atoms with Crippen LogP contribution in [-0.4, -0.2) is 17.2 Å². The fourth-order valence-corrected chi connectivity index (χ4v) is 2.05. The predicted octanol–water partition coefficient (Wildman–Crippen LogP) is 2.34. The Morgan fingerprint density at radius 1 is 1.24 bits per heavy atom. The second-order valence-electron chi connectivity index (χ2n) is 4.41. The summed E-state index contributed by atoms with van der Waals surface area (Å²) in [5, 5.41) is 10.7. The molecule has 90 valence electrons. The first-order valence-corrected chi connectivity index (χ1v) is 5.94. The van der Waals surface area contributed by atoms with Gasteiger partial charge in [0.25, 0.3) is 0 Å². The molecule has 1 aromatic heterocycles.